The van der Waals surface area contributed by atoms with Gasteiger partial charge in [0.15, 0.2) is 11.5 Å². The van der Waals surface area contributed by atoms with E-state index in [0.717, 1.165) is 12.1 Å². The summed E-state index contributed by atoms with van der Waals surface area (Å²) < 4.78 is 15.4. The summed E-state index contributed by atoms with van der Waals surface area (Å²) in [5, 5.41) is 0. The Labute approximate surface area is 181 Å². The van der Waals surface area contributed by atoms with Crippen LogP contribution in [0, 0.1) is 5.92 Å². The maximum atomic E-state index is 12.7. The minimum absolute atomic E-state index is 0.0939. The van der Waals surface area contributed by atoms with E-state index in [1.807, 2.05) is 24.3 Å². The second-order valence-electron chi connectivity index (χ2n) is 7.11. The highest BCUT2D eigenvalue weighted by atomic mass is 16.6. The van der Waals surface area contributed by atoms with Crippen molar-refractivity contribution in [2.24, 2.45) is 5.92 Å². The fourth-order valence-electron chi connectivity index (χ4n) is 3.32. The topological polar surface area (TPSA) is 82.1 Å². The summed E-state index contributed by atoms with van der Waals surface area (Å²) in [5.74, 6) is -1.05. The Hall–Kier alpha value is -3.61. The SMILES string of the molecule is CCc1ccc(N2CC(C(=O)Oc3ccc(/C=C/C(=O)OC)cc3OC)CC2=O)cc1. The number of hydrogen-bond donors (Lipinski definition) is 0. The molecule has 0 saturated carbocycles. The molecule has 2 aromatic rings. The van der Waals surface area contributed by atoms with Gasteiger partial charge in [-0.05, 0) is 47.9 Å². The molecule has 0 aliphatic carbocycles. The third-order valence-corrected chi connectivity index (χ3v) is 5.13. The van der Waals surface area contributed by atoms with E-state index >= 15 is 0 Å². The van der Waals surface area contributed by atoms with Crippen LogP contribution in [0.25, 0.3) is 6.08 Å². The number of carbonyl (C=O) groups is 3. The van der Waals surface area contributed by atoms with Gasteiger partial charge in [0.1, 0.15) is 0 Å². The molecule has 1 aliphatic rings. The molecule has 3 rings (SSSR count). The molecule has 1 unspecified atom stereocenters. The number of amides is 1. The molecule has 1 fully saturated rings. The number of nitrogens with zero attached hydrogens (tertiary/aromatic N) is 1. The van der Waals surface area contributed by atoms with Crippen LogP contribution >= 0.6 is 0 Å². The molecule has 162 valence electrons. The van der Waals surface area contributed by atoms with Crippen LogP contribution in [-0.4, -0.2) is 38.6 Å². The van der Waals surface area contributed by atoms with Crippen molar-refractivity contribution in [3.05, 3.63) is 59.7 Å². The van der Waals surface area contributed by atoms with Gasteiger partial charge in [0.05, 0.1) is 20.1 Å². The predicted octanol–water partition coefficient (Wildman–Crippen LogP) is 3.40. The molecule has 1 amide bonds. The first-order valence-corrected chi connectivity index (χ1v) is 10.00. The van der Waals surface area contributed by atoms with Crippen LogP contribution in [0.1, 0.15) is 24.5 Å². The summed E-state index contributed by atoms with van der Waals surface area (Å²) in [6, 6.07) is 12.7. The summed E-state index contributed by atoms with van der Waals surface area (Å²) in [4.78, 5) is 38.0. The maximum absolute atomic E-state index is 12.7. The van der Waals surface area contributed by atoms with Crippen LogP contribution in [-0.2, 0) is 25.5 Å². The van der Waals surface area contributed by atoms with Crippen molar-refractivity contribution >= 4 is 29.6 Å². The highest BCUT2D eigenvalue weighted by Crippen LogP contribution is 2.31. The second-order valence-corrected chi connectivity index (χ2v) is 7.11. The lowest BCUT2D eigenvalue weighted by molar-refractivity contribution is -0.139. The lowest BCUT2D eigenvalue weighted by Gasteiger charge is -2.17. The van der Waals surface area contributed by atoms with Gasteiger partial charge in [-0.2, -0.15) is 0 Å². The Bertz CT molecular complexity index is 996. The number of anilines is 1. The maximum Gasteiger partial charge on any atom is 0.330 e. The molecular formula is C24H25NO6. The van der Waals surface area contributed by atoms with Gasteiger partial charge in [-0.25, -0.2) is 4.79 Å². The van der Waals surface area contributed by atoms with Crippen molar-refractivity contribution in [2.75, 3.05) is 25.7 Å². The normalized spacial score (nSPS) is 15.9. The molecule has 1 atom stereocenters. The fraction of sp³-hybridized carbons (Fsp3) is 0.292. The molecule has 1 saturated heterocycles. The molecule has 1 heterocycles. The van der Waals surface area contributed by atoms with E-state index in [-0.39, 0.29) is 24.6 Å². The number of hydrogen-bond acceptors (Lipinski definition) is 6. The van der Waals surface area contributed by atoms with E-state index in [1.54, 1.807) is 29.2 Å². The van der Waals surface area contributed by atoms with Crippen molar-refractivity contribution in [1.82, 2.24) is 0 Å². The molecule has 7 nitrogen and oxygen atoms in total. The minimum Gasteiger partial charge on any atom is -0.493 e. The molecule has 2 aromatic carbocycles. The van der Waals surface area contributed by atoms with E-state index in [0.29, 0.717) is 11.3 Å². The van der Waals surface area contributed by atoms with Gasteiger partial charge >= 0.3 is 11.9 Å². The minimum atomic E-state index is -0.568. The molecule has 0 radical (unpaired) electrons. The molecule has 1 aliphatic heterocycles. The Morgan fingerprint density at radius 2 is 1.84 bits per heavy atom. The van der Waals surface area contributed by atoms with Crippen molar-refractivity contribution in [3.63, 3.8) is 0 Å². The number of carbonyl (C=O) groups excluding carboxylic acids is 3. The zero-order valence-corrected chi connectivity index (χ0v) is 17.8. The number of ether oxygens (including phenoxy) is 3. The molecule has 0 aromatic heterocycles. The Morgan fingerprint density at radius 1 is 1.10 bits per heavy atom. The number of aryl methyl sites for hydroxylation is 1. The molecule has 0 bridgehead atoms. The third kappa shape index (κ3) is 5.31. The first-order chi connectivity index (χ1) is 14.9. The van der Waals surface area contributed by atoms with Crippen LogP contribution in [0.15, 0.2) is 48.5 Å². The van der Waals surface area contributed by atoms with E-state index in [9.17, 15) is 14.4 Å². The average Bonchev–Trinajstić information content (AvgIpc) is 3.19. The van der Waals surface area contributed by atoms with Crippen LogP contribution in [0.5, 0.6) is 11.5 Å². The van der Waals surface area contributed by atoms with Gasteiger partial charge in [0, 0.05) is 24.7 Å². The Balaban J connectivity index is 1.69. The third-order valence-electron chi connectivity index (χ3n) is 5.13. The van der Waals surface area contributed by atoms with Gasteiger partial charge in [0.2, 0.25) is 5.91 Å². The number of methoxy groups -OCH3 is 2. The summed E-state index contributed by atoms with van der Waals surface area (Å²) in [7, 11) is 2.76. The van der Waals surface area contributed by atoms with Crippen molar-refractivity contribution in [3.8, 4) is 11.5 Å². The van der Waals surface area contributed by atoms with Crippen molar-refractivity contribution in [2.45, 2.75) is 19.8 Å². The second kappa shape index (κ2) is 9.93. The van der Waals surface area contributed by atoms with Gasteiger partial charge in [-0.3, -0.25) is 9.59 Å². The first kappa shape index (κ1) is 22.1. The molecule has 31 heavy (non-hydrogen) atoms. The van der Waals surface area contributed by atoms with Crippen LogP contribution < -0.4 is 14.4 Å². The molecule has 7 heteroatoms. The zero-order valence-electron chi connectivity index (χ0n) is 17.8. The fourth-order valence-corrected chi connectivity index (χ4v) is 3.32. The predicted molar refractivity (Wildman–Crippen MR) is 116 cm³/mol. The first-order valence-electron chi connectivity index (χ1n) is 10.00. The van der Waals surface area contributed by atoms with E-state index in [1.165, 1.54) is 25.9 Å². The molecule has 0 spiro atoms. The number of benzene rings is 2. The summed E-state index contributed by atoms with van der Waals surface area (Å²) >= 11 is 0. The van der Waals surface area contributed by atoms with Crippen LogP contribution in [0.3, 0.4) is 0 Å². The largest absolute Gasteiger partial charge is 0.493 e. The lowest BCUT2D eigenvalue weighted by Crippen LogP contribution is -2.27. The van der Waals surface area contributed by atoms with E-state index in [2.05, 4.69) is 11.7 Å². The monoisotopic (exact) mass is 423 g/mol. The number of rotatable bonds is 7. The Morgan fingerprint density at radius 3 is 2.48 bits per heavy atom. The quantitative estimate of drug-likeness (QED) is 0.386. The van der Waals surface area contributed by atoms with E-state index < -0.39 is 17.9 Å². The van der Waals surface area contributed by atoms with Crippen molar-refractivity contribution in [1.29, 1.82) is 0 Å². The van der Waals surface area contributed by atoms with Gasteiger partial charge in [-0.1, -0.05) is 25.1 Å². The Kier molecular flexibility index (Phi) is 7.07. The average molecular weight is 423 g/mol. The van der Waals surface area contributed by atoms with Gasteiger partial charge in [0.25, 0.3) is 0 Å². The number of esters is 2. The molecule has 0 N–H and O–H groups in total. The summed E-state index contributed by atoms with van der Waals surface area (Å²) in [6.45, 7) is 2.34. The van der Waals surface area contributed by atoms with Crippen molar-refractivity contribution < 1.29 is 28.6 Å². The van der Waals surface area contributed by atoms with Gasteiger partial charge < -0.3 is 19.1 Å². The highest BCUT2D eigenvalue weighted by Gasteiger charge is 2.36. The zero-order chi connectivity index (χ0) is 22.4. The van der Waals surface area contributed by atoms with Crippen LogP contribution in [0.4, 0.5) is 5.69 Å². The van der Waals surface area contributed by atoms with Crippen LogP contribution in [0.2, 0.25) is 0 Å². The standard InChI is InChI=1S/C24H25NO6/c1-4-16-5-9-19(10-6-16)25-15-18(14-22(25)26)24(28)31-20-11-7-17(13-21(20)29-2)8-12-23(27)30-3/h5-13,18H,4,14-15H2,1-3H3/b12-8+. The van der Waals surface area contributed by atoms with E-state index in [4.69, 9.17) is 9.47 Å². The highest BCUT2D eigenvalue weighted by molar-refractivity contribution is 5.99. The molecular weight excluding hydrogens is 398 g/mol. The lowest BCUT2D eigenvalue weighted by atomic mass is 10.1. The van der Waals surface area contributed by atoms with Gasteiger partial charge in [-0.15, -0.1) is 0 Å². The smallest absolute Gasteiger partial charge is 0.330 e. The summed E-state index contributed by atoms with van der Waals surface area (Å²) in [5.41, 5.74) is 2.64. The summed E-state index contributed by atoms with van der Waals surface area (Å²) in [6.07, 6.45) is 3.86.